The zero-order chi connectivity index (χ0) is 15.5. The zero-order valence-electron chi connectivity index (χ0n) is 13.9. The topological polar surface area (TPSA) is 53.6 Å². The highest BCUT2D eigenvalue weighted by atomic mass is 16.5. The van der Waals surface area contributed by atoms with Crippen LogP contribution < -0.4 is 10.6 Å². The van der Waals surface area contributed by atoms with Crippen molar-refractivity contribution in [3.63, 3.8) is 0 Å². The normalized spacial score (nSPS) is 36.9. The van der Waals surface area contributed by atoms with Gasteiger partial charge in [0.15, 0.2) is 0 Å². The number of likely N-dealkylation sites (N-methyl/N-ethyl adjacent to an activating group) is 1. The first kappa shape index (κ1) is 16.7. The molecule has 1 saturated heterocycles. The molecule has 0 aromatic heterocycles. The van der Waals surface area contributed by atoms with Crippen LogP contribution in [0.5, 0.6) is 0 Å². The van der Waals surface area contributed by atoms with Gasteiger partial charge in [-0.05, 0) is 39.3 Å². The minimum Gasteiger partial charge on any atom is -0.380 e. The Kier molecular flexibility index (Phi) is 5.63. The first-order valence-electron chi connectivity index (χ1n) is 8.18. The molecule has 2 aliphatic rings. The van der Waals surface area contributed by atoms with Crippen LogP contribution in [0.15, 0.2) is 0 Å². The van der Waals surface area contributed by atoms with E-state index in [1.165, 1.54) is 25.7 Å². The third-order valence-electron chi connectivity index (χ3n) is 5.35. The molecule has 122 valence electrons. The second-order valence-electron chi connectivity index (χ2n) is 7.09. The minimum absolute atomic E-state index is 0.102. The van der Waals surface area contributed by atoms with Gasteiger partial charge in [0.05, 0.1) is 12.1 Å². The quantitative estimate of drug-likeness (QED) is 0.794. The summed E-state index contributed by atoms with van der Waals surface area (Å²) in [5, 5.41) is 6.43. The summed E-state index contributed by atoms with van der Waals surface area (Å²) in [6.07, 6.45) is 5.83. The van der Waals surface area contributed by atoms with Gasteiger partial charge in [-0.1, -0.05) is 19.8 Å². The number of amides is 1. The number of carbonyl (C=O) groups excluding carboxylic acids is 1. The van der Waals surface area contributed by atoms with Crippen molar-refractivity contribution in [1.82, 2.24) is 15.5 Å². The van der Waals surface area contributed by atoms with Crippen molar-refractivity contribution in [1.29, 1.82) is 0 Å². The third kappa shape index (κ3) is 3.96. The Labute approximate surface area is 128 Å². The van der Waals surface area contributed by atoms with Crippen molar-refractivity contribution < 1.29 is 9.53 Å². The Morgan fingerprint density at radius 2 is 2.24 bits per heavy atom. The van der Waals surface area contributed by atoms with Crippen LogP contribution in [0.25, 0.3) is 0 Å². The number of hydrogen-bond acceptors (Lipinski definition) is 4. The van der Waals surface area contributed by atoms with Crippen LogP contribution in [0, 0.1) is 5.92 Å². The Hall–Kier alpha value is -0.650. The van der Waals surface area contributed by atoms with E-state index in [1.54, 1.807) is 7.11 Å². The predicted molar refractivity (Wildman–Crippen MR) is 84.3 cm³/mol. The van der Waals surface area contributed by atoms with Crippen LogP contribution in [-0.4, -0.2) is 62.8 Å². The van der Waals surface area contributed by atoms with Crippen molar-refractivity contribution in [2.75, 3.05) is 34.3 Å². The maximum atomic E-state index is 12.3. The molecule has 4 atom stereocenters. The van der Waals surface area contributed by atoms with Gasteiger partial charge >= 0.3 is 0 Å². The minimum atomic E-state index is -0.102. The molecular formula is C16H31N3O2. The molecule has 2 N–H and O–H groups in total. The first-order valence-corrected chi connectivity index (χ1v) is 8.18. The molecule has 1 heterocycles. The van der Waals surface area contributed by atoms with Gasteiger partial charge in [-0.3, -0.25) is 4.79 Å². The highest BCUT2D eigenvalue weighted by molar-refractivity contribution is 5.82. The number of methoxy groups -OCH3 is 1. The first-order chi connectivity index (χ1) is 9.97. The summed E-state index contributed by atoms with van der Waals surface area (Å²) in [4.78, 5) is 14.7. The van der Waals surface area contributed by atoms with Gasteiger partial charge in [0.1, 0.15) is 0 Å². The van der Waals surface area contributed by atoms with Crippen molar-refractivity contribution in [3.05, 3.63) is 0 Å². The fourth-order valence-electron chi connectivity index (χ4n) is 3.81. The van der Waals surface area contributed by atoms with Crippen molar-refractivity contribution >= 4 is 5.91 Å². The smallest absolute Gasteiger partial charge is 0.237 e. The van der Waals surface area contributed by atoms with E-state index < -0.39 is 0 Å². The third-order valence-corrected chi connectivity index (χ3v) is 5.35. The Morgan fingerprint density at radius 1 is 1.48 bits per heavy atom. The standard InChI is InChI=1S/C16H31N3O2/c1-12-6-5-7-16(9-12,19(2)3)11-18-15(20)14-8-13(21-4)10-17-14/h12-14,17H,5-11H2,1-4H3,(H,18,20). The largest absolute Gasteiger partial charge is 0.380 e. The van der Waals surface area contributed by atoms with E-state index in [1.807, 2.05) is 0 Å². The van der Waals surface area contributed by atoms with Crippen LogP contribution in [-0.2, 0) is 9.53 Å². The Balaban J connectivity index is 1.89. The maximum absolute atomic E-state index is 12.3. The van der Waals surface area contributed by atoms with Crippen LogP contribution in [0.1, 0.15) is 39.0 Å². The van der Waals surface area contributed by atoms with Gasteiger partial charge in [-0.25, -0.2) is 0 Å². The number of hydrogen-bond donors (Lipinski definition) is 2. The van der Waals surface area contributed by atoms with Crippen LogP contribution >= 0.6 is 0 Å². The molecule has 5 nitrogen and oxygen atoms in total. The van der Waals surface area contributed by atoms with E-state index in [0.717, 1.165) is 25.4 Å². The number of carbonyl (C=O) groups is 1. The van der Waals surface area contributed by atoms with Crippen molar-refractivity contribution in [2.45, 2.75) is 56.7 Å². The number of nitrogens with zero attached hydrogens (tertiary/aromatic N) is 1. The highest BCUT2D eigenvalue weighted by Gasteiger charge is 2.38. The van der Waals surface area contributed by atoms with Gasteiger partial charge in [-0.15, -0.1) is 0 Å². The van der Waals surface area contributed by atoms with E-state index in [4.69, 9.17) is 4.74 Å². The van der Waals surface area contributed by atoms with Crippen LogP contribution in [0.2, 0.25) is 0 Å². The average Bonchev–Trinajstić information content (AvgIpc) is 2.93. The molecular weight excluding hydrogens is 266 g/mol. The van der Waals surface area contributed by atoms with Gasteiger partial charge in [-0.2, -0.15) is 0 Å². The lowest BCUT2D eigenvalue weighted by molar-refractivity contribution is -0.123. The molecule has 1 amide bonds. The summed E-state index contributed by atoms with van der Waals surface area (Å²) >= 11 is 0. The van der Waals surface area contributed by atoms with E-state index in [-0.39, 0.29) is 23.6 Å². The van der Waals surface area contributed by atoms with E-state index in [9.17, 15) is 4.79 Å². The van der Waals surface area contributed by atoms with Crippen LogP contribution in [0.4, 0.5) is 0 Å². The lowest BCUT2D eigenvalue weighted by Crippen LogP contribution is -2.56. The molecule has 2 rings (SSSR count). The predicted octanol–water partition coefficient (Wildman–Crippen LogP) is 0.990. The molecule has 0 aromatic rings. The van der Waals surface area contributed by atoms with Gasteiger partial charge in [0.25, 0.3) is 0 Å². The molecule has 0 aromatic carbocycles. The fraction of sp³-hybridized carbons (Fsp3) is 0.938. The summed E-state index contributed by atoms with van der Waals surface area (Å²) in [6, 6.07) is -0.102. The maximum Gasteiger partial charge on any atom is 0.237 e. The van der Waals surface area contributed by atoms with Crippen LogP contribution in [0.3, 0.4) is 0 Å². The van der Waals surface area contributed by atoms with Gasteiger partial charge in [0, 0.05) is 25.7 Å². The summed E-state index contributed by atoms with van der Waals surface area (Å²) in [6.45, 7) is 3.84. The summed E-state index contributed by atoms with van der Waals surface area (Å²) in [5.41, 5.74) is 0.118. The molecule has 4 unspecified atom stereocenters. The van der Waals surface area contributed by atoms with Crippen molar-refractivity contribution in [3.8, 4) is 0 Å². The van der Waals surface area contributed by atoms with Gasteiger partial charge in [0.2, 0.25) is 5.91 Å². The second-order valence-corrected chi connectivity index (χ2v) is 7.09. The summed E-state index contributed by atoms with van der Waals surface area (Å²) in [7, 11) is 5.98. The van der Waals surface area contributed by atoms with Gasteiger partial charge < -0.3 is 20.3 Å². The summed E-state index contributed by atoms with van der Waals surface area (Å²) in [5.74, 6) is 0.856. The Bertz CT molecular complexity index is 361. The highest BCUT2D eigenvalue weighted by Crippen LogP contribution is 2.35. The van der Waals surface area contributed by atoms with E-state index in [2.05, 4.69) is 36.6 Å². The van der Waals surface area contributed by atoms with E-state index >= 15 is 0 Å². The molecule has 0 radical (unpaired) electrons. The van der Waals surface area contributed by atoms with E-state index in [0.29, 0.717) is 0 Å². The SMILES string of the molecule is COC1CNC(C(=O)NCC2(N(C)C)CCCC(C)C2)C1. The zero-order valence-corrected chi connectivity index (χ0v) is 13.9. The lowest BCUT2D eigenvalue weighted by Gasteiger charge is -2.45. The molecule has 5 heteroatoms. The number of ether oxygens (including phenoxy) is 1. The molecule has 2 fully saturated rings. The summed E-state index contributed by atoms with van der Waals surface area (Å²) < 4.78 is 5.31. The fourth-order valence-corrected chi connectivity index (χ4v) is 3.81. The number of nitrogens with one attached hydrogen (secondary N) is 2. The molecule has 1 saturated carbocycles. The van der Waals surface area contributed by atoms with Crippen molar-refractivity contribution in [2.24, 2.45) is 5.92 Å². The lowest BCUT2D eigenvalue weighted by atomic mass is 9.75. The average molecular weight is 297 g/mol. The monoisotopic (exact) mass is 297 g/mol. The number of rotatable bonds is 5. The Morgan fingerprint density at radius 3 is 2.81 bits per heavy atom. The second kappa shape index (κ2) is 7.07. The molecule has 1 aliphatic heterocycles. The molecule has 21 heavy (non-hydrogen) atoms. The molecule has 1 aliphatic carbocycles. The molecule has 0 spiro atoms. The molecule has 0 bridgehead atoms.